The molecule has 22 heavy (non-hydrogen) atoms. The van der Waals surface area contributed by atoms with Gasteiger partial charge in [-0.1, -0.05) is 6.08 Å². The van der Waals surface area contributed by atoms with Crippen LogP contribution in [0.2, 0.25) is 0 Å². The number of hydrogen-bond acceptors (Lipinski definition) is 3. The summed E-state index contributed by atoms with van der Waals surface area (Å²) >= 11 is 0. The van der Waals surface area contributed by atoms with Gasteiger partial charge in [-0.15, -0.1) is 6.58 Å². The lowest BCUT2D eigenvalue weighted by atomic mass is 9.93. The van der Waals surface area contributed by atoms with Crippen molar-refractivity contribution in [2.75, 3.05) is 6.61 Å². The van der Waals surface area contributed by atoms with Gasteiger partial charge in [-0.3, -0.25) is 0 Å². The number of aromatic hydroxyl groups is 1. The number of aromatic nitrogens is 1. The predicted molar refractivity (Wildman–Crippen MR) is 86.6 cm³/mol. The number of allylic oxidation sites excluding steroid dienone is 1. The minimum Gasteiger partial charge on any atom is -0.508 e. The Kier molecular flexibility index (Phi) is 3.69. The van der Waals surface area contributed by atoms with E-state index in [4.69, 9.17) is 4.74 Å². The minimum atomic E-state index is -0.386. The molecule has 1 heterocycles. The molecule has 116 valence electrons. The minimum absolute atomic E-state index is 0.172. The van der Waals surface area contributed by atoms with Crippen molar-refractivity contribution in [1.29, 1.82) is 0 Å². The zero-order chi connectivity index (χ0) is 15.9. The summed E-state index contributed by atoms with van der Waals surface area (Å²) in [4.78, 5) is 12.3. The normalized spacial score (nSPS) is 17.3. The van der Waals surface area contributed by atoms with Crippen LogP contribution in [0.15, 0.2) is 24.8 Å². The summed E-state index contributed by atoms with van der Waals surface area (Å²) in [5.41, 5.74) is 3.88. The van der Waals surface area contributed by atoms with E-state index in [1.807, 2.05) is 13.0 Å². The molecule has 0 saturated heterocycles. The number of phenolic OH excluding ortho intramolecular Hbond substituents is 1. The molecule has 1 aromatic carbocycles. The highest BCUT2D eigenvalue weighted by molar-refractivity contribution is 5.97. The molecule has 1 aliphatic carbocycles. The van der Waals surface area contributed by atoms with Gasteiger partial charge in [0.15, 0.2) is 0 Å². The Bertz CT molecular complexity index is 758. The first kappa shape index (κ1) is 14.7. The Labute approximate surface area is 130 Å². The summed E-state index contributed by atoms with van der Waals surface area (Å²) < 4.78 is 6.77. The van der Waals surface area contributed by atoms with E-state index in [0.717, 1.165) is 41.4 Å². The van der Waals surface area contributed by atoms with Crippen LogP contribution in [0.5, 0.6) is 5.75 Å². The predicted octanol–water partition coefficient (Wildman–Crippen LogP) is 4.27. The van der Waals surface area contributed by atoms with Crippen molar-refractivity contribution in [3.63, 3.8) is 0 Å². The summed E-state index contributed by atoms with van der Waals surface area (Å²) in [6, 6.07) is 3.45. The Balaban J connectivity index is 2.37. The van der Waals surface area contributed by atoms with E-state index in [2.05, 4.69) is 6.58 Å². The summed E-state index contributed by atoms with van der Waals surface area (Å²) in [6.07, 6.45) is 4.52. The molecule has 0 radical (unpaired) electrons. The van der Waals surface area contributed by atoms with E-state index >= 15 is 0 Å². The molecule has 4 nitrogen and oxygen atoms in total. The number of aryl methyl sites for hydroxylation is 1. The van der Waals surface area contributed by atoms with E-state index in [0.29, 0.717) is 6.61 Å². The van der Waals surface area contributed by atoms with Crippen molar-refractivity contribution < 1.29 is 14.6 Å². The summed E-state index contributed by atoms with van der Waals surface area (Å²) in [5.74, 6) is 0.374. The maximum atomic E-state index is 12.3. The molecule has 2 aromatic rings. The molecule has 1 atom stereocenters. The molecule has 0 aliphatic heterocycles. The number of phenols is 1. The number of carbonyl (C=O) groups excluding carboxylic acids is 1. The first-order chi connectivity index (χ1) is 10.6. The Hall–Kier alpha value is -2.23. The largest absolute Gasteiger partial charge is 0.508 e. The topological polar surface area (TPSA) is 51.5 Å². The number of nitrogens with zero attached hydrogens (tertiary/aromatic N) is 1. The molecule has 0 amide bonds. The quantitative estimate of drug-likeness (QED) is 0.843. The highest BCUT2D eigenvalue weighted by Gasteiger charge is 2.26. The fourth-order valence-electron chi connectivity index (χ4n) is 3.56. The third-order valence-electron chi connectivity index (χ3n) is 4.52. The monoisotopic (exact) mass is 299 g/mol. The van der Waals surface area contributed by atoms with E-state index in [1.165, 1.54) is 5.56 Å². The molecular formula is C18H21NO3. The van der Waals surface area contributed by atoms with E-state index in [1.54, 1.807) is 23.6 Å². The fraction of sp³-hybridized carbons (Fsp3) is 0.389. The highest BCUT2D eigenvalue weighted by Crippen LogP contribution is 2.41. The van der Waals surface area contributed by atoms with Gasteiger partial charge in [-0.2, -0.15) is 0 Å². The van der Waals surface area contributed by atoms with Crippen LogP contribution in [0.3, 0.4) is 0 Å². The Morgan fingerprint density at radius 1 is 1.55 bits per heavy atom. The zero-order valence-corrected chi connectivity index (χ0v) is 13.1. The lowest BCUT2D eigenvalue weighted by Gasteiger charge is -2.13. The van der Waals surface area contributed by atoms with Crippen molar-refractivity contribution >= 4 is 17.0 Å². The van der Waals surface area contributed by atoms with Crippen LogP contribution in [-0.2, 0) is 11.2 Å². The van der Waals surface area contributed by atoms with Gasteiger partial charge in [0, 0.05) is 23.1 Å². The Morgan fingerprint density at radius 3 is 3.00 bits per heavy atom. The lowest BCUT2D eigenvalue weighted by molar-refractivity contribution is 0.154. The Morgan fingerprint density at radius 2 is 2.32 bits per heavy atom. The molecule has 3 rings (SSSR count). The van der Waals surface area contributed by atoms with Crippen molar-refractivity contribution in [3.05, 3.63) is 41.6 Å². The second-order valence-corrected chi connectivity index (χ2v) is 5.76. The van der Waals surface area contributed by atoms with Gasteiger partial charge in [-0.05, 0) is 50.3 Å². The smallest absolute Gasteiger partial charge is 0.418 e. The molecule has 4 heteroatoms. The first-order valence-corrected chi connectivity index (χ1v) is 7.75. The van der Waals surface area contributed by atoms with Gasteiger partial charge in [0.2, 0.25) is 0 Å². The van der Waals surface area contributed by atoms with Crippen LogP contribution in [0, 0.1) is 6.92 Å². The number of ether oxygens (including phenoxy) is 1. The van der Waals surface area contributed by atoms with Gasteiger partial charge in [0.25, 0.3) is 0 Å². The fourth-order valence-corrected chi connectivity index (χ4v) is 3.56. The van der Waals surface area contributed by atoms with Gasteiger partial charge < -0.3 is 9.84 Å². The number of benzene rings is 1. The average Bonchev–Trinajstić information content (AvgIpc) is 2.64. The van der Waals surface area contributed by atoms with Gasteiger partial charge in [0.05, 0.1) is 12.1 Å². The molecule has 1 N–H and O–H groups in total. The van der Waals surface area contributed by atoms with Crippen LogP contribution in [0.1, 0.15) is 42.5 Å². The third kappa shape index (κ3) is 2.10. The molecule has 0 saturated carbocycles. The van der Waals surface area contributed by atoms with Gasteiger partial charge >= 0.3 is 6.09 Å². The summed E-state index contributed by atoms with van der Waals surface area (Å²) in [7, 11) is 0. The SMILES string of the molecule is C=CC1CCCc2c(C)n(C(=O)OCC)c3cc(O)cc1c23. The maximum Gasteiger partial charge on any atom is 0.418 e. The van der Waals surface area contributed by atoms with Crippen LogP contribution in [-0.4, -0.2) is 22.4 Å². The zero-order valence-electron chi connectivity index (χ0n) is 13.1. The van der Waals surface area contributed by atoms with Crippen molar-refractivity contribution in [2.24, 2.45) is 0 Å². The van der Waals surface area contributed by atoms with Crippen molar-refractivity contribution in [3.8, 4) is 5.75 Å². The average molecular weight is 299 g/mol. The molecule has 0 fully saturated rings. The molecule has 0 bridgehead atoms. The van der Waals surface area contributed by atoms with Crippen LogP contribution >= 0.6 is 0 Å². The lowest BCUT2D eigenvalue weighted by Crippen LogP contribution is -2.15. The number of carbonyl (C=O) groups is 1. The third-order valence-corrected chi connectivity index (χ3v) is 4.52. The van der Waals surface area contributed by atoms with Gasteiger partial charge in [-0.25, -0.2) is 9.36 Å². The molecule has 0 spiro atoms. The van der Waals surface area contributed by atoms with Crippen LogP contribution < -0.4 is 0 Å². The second kappa shape index (κ2) is 5.52. The van der Waals surface area contributed by atoms with Crippen LogP contribution in [0.25, 0.3) is 10.9 Å². The molecule has 1 unspecified atom stereocenters. The van der Waals surface area contributed by atoms with Crippen LogP contribution in [0.4, 0.5) is 4.79 Å². The summed E-state index contributed by atoms with van der Waals surface area (Å²) in [5, 5.41) is 11.2. The second-order valence-electron chi connectivity index (χ2n) is 5.76. The first-order valence-electron chi connectivity index (χ1n) is 7.75. The number of rotatable bonds is 2. The van der Waals surface area contributed by atoms with Crippen molar-refractivity contribution in [2.45, 2.75) is 39.0 Å². The standard InChI is InChI=1S/C18H21NO3/c1-4-12-7-6-8-14-11(3)19(18(21)22-5-2)16-10-13(20)9-15(12)17(14)16/h4,9-10,12,20H,1,5-8H2,2-3H3. The number of hydrogen-bond donors (Lipinski definition) is 1. The molecule has 1 aliphatic rings. The van der Waals surface area contributed by atoms with E-state index in [9.17, 15) is 9.90 Å². The molecular weight excluding hydrogens is 278 g/mol. The van der Waals surface area contributed by atoms with E-state index in [-0.39, 0.29) is 17.8 Å². The maximum absolute atomic E-state index is 12.3. The van der Waals surface area contributed by atoms with E-state index < -0.39 is 0 Å². The van der Waals surface area contributed by atoms with Gasteiger partial charge in [0.1, 0.15) is 5.75 Å². The molecule has 1 aromatic heterocycles. The van der Waals surface area contributed by atoms with Crippen molar-refractivity contribution in [1.82, 2.24) is 4.57 Å². The highest BCUT2D eigenvalue weighted by atomic mass is 16.5. The summed E-state index contributed by atoms with van der Waals surface area (Å²) in [6.45, 7) is 7.99.